The normalized spacial score (nSPS) is 16.1. The maximum atomic E-state index is 13.6. The van der Waals surface area contributed by atoms with Gasteiger partial charge in [-0.25, -0.2) is 9.37 Å². The number of aryl methyl sites for hydroxylation is 1. The number of carbonyl (C=O) groups excluding carboxylic acids is 3. The van der Waals surface area contributed by atoms with Crippen molar-refractivity contribution in [3.8, 4) is 11.5 Å². The minimum Gasteiger partial charge on any atom is -0.507 e. The number of halogens is 1. The molecule has 1 N–H and O–H groups in total. The second-order valence-electron chi connectivity index (χ2n) is 9.56. The van der Waals surface area contributed by atoms with Crippen molar-refractivity contribution in [2.24, 2.45) is 0 Å². The summed E-state index contributed by atoms with van der Waals surface area (Å²) in [6, 6.07) is 18.4. The van der Waals surface area contributed by atoms with Crippen LogP contribution in [0.3, 0.4) is 0 Å². The molecule has 214 valence electrons. The van der Waals surface area contributed by atoms with Crippen molar-refractivity contribution >= 4 is 39.7 Å². The number of nitrogens with zero attached hydrogens (tertiary/aromatic N) is 2. The molecule has 8 nitrogen and oxygen atoms in total. The van der Waals surface area contributed by atoms with Crippen LogP contribution < -0.4 is 14.4 Å². The van der Waals surface area contributed by atoms with E-state index in [1.165, 1.54) is 24.0 Å². The molecular weight excluding hydrogens is 559 g/mol. The number of aliphatic hydroxyl groups is 1. The van der Waals surface area contributed by atoms with Crippen molar-refractivity contribution < 1.29 is 33.4 Å². The number of Topliss-reactive ketones (excluding diaryl/α,β-unsaturated/α-hetero) is 2. The molecule has 3 aromatic carbocycles. The summed E-state index contributed by atoms with van der Waals surface area (Å²) in [6.07, 6.45) is 0. The predicted molar refractivity (Wildman–Crippen MR) is 156 cm³/mol. The number of thiazole rings is 1. The van der Waals surface area contributed by atoms with E-state index >= 15 is 0 Å². The van der Waals surface area contributed by atoms with Crippen molar-refractivity contribution in [3.05, 3.63) is 111 Å². The van der Waals surface area contributed by atoms with Crippen LogP contribution in [0, 0.1) is 12.7 Å². The van der Waals surface area contributed by atoms with Crippen LogP contribution in [0.4, 0.5) is 9.52 Å². The van der Waals surface area contributed by atoms with E-state index in [4.69, 9.17) is 9.47 Å². The number of ketones is 2. The van der Waals surface area contributed by atoms with Crippen molar-refractivity contribution in [3.63, 3.8) is 0 Å². The molecule has 1 amide bonds. The number of rotatable bonds is 9. The molecule has 2 heterocycles. The Morgan fingerprint density at radius 3 is 2.38 bits per heavy atom. The van der Waals surface area contributed by atoms with E-state index in [2.05, 4.69) is 4.98 Å². The molecule has 1 saturated heterocycles. The van der Waals surface area contributed by atoms with Crippen LogP contribution in [0.2, 0.25) is 0 Å². The van der Waals surface area contributed by atoms with Crippen molar-refractivity contribution in [2.45, 2.75) is 33.4 Å². The highest BCUT2D eigenvalue weighted by Gasteiger charge is 2.48. The van der Waals surface area contributed by atoms with Crippen molar-refractivity contribution in [2.75, 3.05) is 11.5 Å². The Labute approximate surface area is 245 Å². The van der Waals surface area contributed by atoms with Crippen LogP contribution in [-0.4, -0.2) is 34.2 Å². The molecule has 5 rings (SSSR count). The molecule has 1 aliphatic rings. The summed E-state index contributed by atoms with van der Waals surface area (Å²) in [7, 11) is 0. The molecule has 42 heavy (non-hydrogen) atoms. The molecule has 0 radical (unpaired) electrons. The van der Waals surface area contributed by atoms with E-state index in [-0.39, 0.29) is 28.7 Å². The number of benzene rings is 3. The summed E-state index contributed by atoms with van der Waals surface area (Å²) in [5.41, 5.74) is 1.76. The summed E-state index contributed by atoms with van der Waals surface area (Å²) in [6.45, 7) is 5.46. The van der Waals surface area contributed by atoms with Gasteiger partial charge in [-0.1, -0.05) is 47.7 Å². The first kappa shape index (κ1) is 28.7. The quantitative estimate of drug-likeness (QED) is 0.105. The first-order chi connectivity index (χ1) is 20.2. The molecule has 1 atom stereocenters. The van der Waals surface area contributed by atoms with Gasteiger partial charge in [-0.3, -0.25) is 19.3 Å². The molecule has 0 bridgehead atoms. The predicted octanol–water partition coefficient (Wildman–Crippen LogP) is 6.40. The number of aromatic nitrogens is 1. The zero-order valence-electron chi connectivity index (χ0n) is 23.1. The fourth-order valence-corrected chi connectivity index (χ4v) is 5.73. The standard InChI is InChI=1S/C32H27FN2O6S/c1-4-40-25-16-22(12-15-24(25)41-17-20-8-6-5-7-9-20)27-26(28(37)21-10-13-23(33)14-11-21)29(38)31(39)35(27)32-34-18(2)30(42-32)19(3)36/h5-16,27,37H,4,17H2,1-3H3. The molecule has 10 heteroatoms. The van der Waals surface area contributed by atoms with Gasteiger partial charge in [-0.05, 0) is 61.4 Å². The van der Waals surface area contributed by atoms with Crippen LogP contribution in [0.15, 0.2) is 78.4 Å². The molecule has 1 fully saturated rings. The highest BCUT2D eigenvalue weighted by Crippen LogP contribution is 2.45. The highest BCUT2D eigenvalue weighted by molar-refractivity contribution is 7.18. The monoisotopic (exact) mass is 586 g/mol. The first-order valence-corrected chi connectivity index (χ1v) is 14.0. The Morgan fingerprint density at radius 2 is 1.74 bits per heavy atom. The van der Waals surface area contributed by atoms with Crippen LogP contribution in [0.25, 0.3) is 5.76 Å². The molecule has 0 spiro atoms. The fraction of sp³-hybridized carbons (Fsp3) is 0.188. The van der Waals surface area contributed by atoms with Gasteiger partial charge in [0.1, 0.15) is 18.2 Å². The number of ether oxygens (including phenoxy) is 2. The number of aliphatic hydroxyl groups excluding tert-OH is 1. The average molecular weight is 587 g/mol. The van der Waals surface area contributed by atoms with Crippen LogP contribution >= 0.6 is 11.3 Å². The van der Waals surface area contributed by atoms with E-state index in [1.807, 2.05) is 37.3 Å². The molecule has 1 aromatic heterocycles. The van der Waals surface area contributed by atoms with Gasteiger partial charge in [0.25, 0.3) is 5.78 Å². The minimum absolute atomic E-state index is 0.130. The first-order valence-electron chi connectivity index (χ1n) is 13.2. The number of amides is 1. The van der Waals surface area contributed by atoms with E-state index in [0.29, 0.717) is 34.2 Å². The second kappa shape index (κ2) is 12.0. The largest absolute Gasteiger partial charge is 0.507 e. The Hall–Kier alpha value is -4.83. The van der Waals surface area contributed by atoms with E-state index in [9.17, 15) is 23.9 Å². The van der Waals surface area contributed by atoms with Gasteiger partial charge in [-0.15, -0.1) is 0 Å². The summed E-state index contributed by atoms with van der Waals surface area (Å²) in [5.74, 6) is -2.26. The Bertz CT molecular complexity index is 1700. The van der Waals surface area contributed by atoms with E-state index < -0.39 is 29.3 Å². The molecular formula is C32H27FN2O6S. The summed E-state index contributed by atoms with van der Waals surface area (Å²) in [4.78, 5) is 45.1. The molecule has 1 unspecified atom stereocenters. The Balaban J connectivity index is 1.65. The number of hydrogen-bond acceptors (Lipinski definition) is 8. The van der Waals surface area contributed by atoms with Gasteiger partial charge in [0.2, 0.25) is 0 Å². The second-order valence-corrected chi connectivity index (χ2v) is 10.5. The zero-order chi connectivity index (χ0) is 30.0. The number of carbonyl (C=O) groups is 3. The topological polar surface area (TPSA) is 106 Å². The van der Waals surface area contributed by atoms with E-state index in [1.54, 1.807) is 25.1 Å². The number of anilines is 1. The lowest BCUT2D eigenvalue weighted by atomic mass is 9.95. The molecule has 0 aliphatic carbocycles. The third-order valence-corrected chi connectivity index (χ3v) is 7.95. The molecule has 4 aromatic rings. The maximum absolute atomic E-state index is 13.6. The maximum Gasteiger partial charge on any atom is 0.301 e. The van der Waals surface area contributed by atoms with Crippen LogP contribution in [0.1, 0.15) is 51.9 Å². The smallest absolute Gasteiger partial charge is 0.301 e. The SMILES string of the molecule is CCOc1cc(C2C(=C(O)c3ccc(F)cc3)C(=O)C(=O)N2c2nc(C)c(C(C)=O)s2)ccc1OCc1ccccc1. The van der Waals surface area contributed by atoms with E-state index in [0.717, 1.165) is 29.0 Å². The van der Waals surface area contributed by atoms with Crippen molar-refractivity contribution in [1.29, 1.82) is 0 Å². The summed E-state index contributed by atoms with van der Waals surface area (Å²) >= 11 is 0.986. The lowest BCUT2D eigenvalue weighted by Gasteiger charge is -2.24. The lowest BCUT2D eigenvalue weighted by Crippen LogP contribution is -2.29. The Kier molecular flexibility index (Phi) is 8.17. The van der Waals surface area contributed by atoms with Gasteiger partial charge in [0, 0.05) is 12.5 Å². The summed E-state index contributed by atoms with van der Waals surface area (Å²) in [5, 5.41) is 11.4. The van der Waals surface area contributed by atoms with Gasteiger partial charge in [0.05, 0.1) is 28.8 Å². The summed E-state index contributed by atoms with van der Waals surface area (Å²) < 4.78 is 25.5. The van der Waals surface area contributed by atoms with Gasteiger partial charge >= 0.3 is 5.91 Å². The Morgan fingerprint density at radius 1 is 1.02 bits per heavy atom. The van der Waals surface area contributed by atoms with Crippen LogP contribution in [-0.2, 0) is 16.2 Å². The highest BCUT2D eigenvalue weighted by atomic mass is 32.1. The zero-order valence-corrected chi connectivity index (χ0v) is 23.9. The number of hydrogen-bond donors (Lipinski definition) is 1. The minimum atomic E-state index is -1.12. The molecule has 1 aliphatic heterocycles. The van der Waals surface area contributed by atoms with Crippen molar-refractivity contribution in [1.82, 2.24) is 4.98 Å². The molecule has 0 saturated carbocycles. The average Bonchev–Trinajstić information content (AvgIpc) is 3.49. The van der Waals surface area contributed by atoms with Gasteiger partial charge in [-0.2, -0.15) is 0 Å². The van der Waals surface area contributed by atoms with Crippen LogP contribution in [0.5, 0.6) is 11.5 Å². The fourth-order valence-electron chi connectivity index (χ4n) is 4.74. The third kappa shape index (κ3) is 5.53. The lowest BCUT2D eigenvalue weighted by molar-refractivity contribution is -0.132. The van der Waals surface area contributed by atoms with Gasteiger partial charge < -0.3 is 14.6 Å². The van der Waals surface area contributed by atoms with Gasteiger partial charge in [0.15, 0.2) is 22.4 Å². The third-order valence-electron chi connectivity index (χ3n) is 6.69.